The van der Waals surface area contributed by atoms with Gasteiger partial charge in [0.1, 0.15) is 0 Å². The molecule has 1 aromatic rings. The lowest BCUT2D eigenvalue weighted by atomic mass is 10.2. The molecule has 1 aromatic carbocycles. The molecule has 0 aromatic heterocycles. The third-order valence-electron chi connectivity index (χ3n) is 1.80. The van der Waals surface area contributed by atoms with Crippen LogP contribution >= 0.6 is 0 Å². The SMILES string of the molecule is C=CCNC(=O)Nc1ccccc1C. The smallest absolute Gasteiger partial charge is 0.319 e. The standard InChI is InChI=1S/C11H14N2O/c1-3-8-12-11(14)13-10-7-5-4-6-9(10)2/h3-7H,1,8H2,2H3,(H2,12,13,14). The zero-order valence-corrected chi connectivity index (χ0v) is 8.21. The molecule has 0 bridgehead atoms. The van der Waals surface area contributed by atoms with Crippen molar-refractivity contribution in [3.63, 3.8) is 0 Å². The molecule has 74 valence electrons. The van der Waals surface area contributed by atoms with Crippen molar-refractivity contribution in [1.29, 1.82) is 0 Å². The number of urea groups is 1. The molecule has 0 aliphatic carbocycles. The van der Waals surface area contributed by atoms with Crippen molar-refractivity contribution in [1.82, 2.24) is 5.32 Å². The summed E-state index contributed by atoms with van der Waals surface area (Å²) in [6, 6.07) is 7.42. The lowest BCUT2D eigenvalue weighted by molar-refractivity contribution is 0.253. The second kappa shape index (κ2) is 5.07. The van der Waals surface area contributed by atoms with Crippen LogP contribution in [0.25, 0.3) is 0 Å². The first-order chi connectivity index (χ1) is 6.74. The van der Waals surface area contributed by atoms with Gasteiger partial charge in [-0.2, -0.15) is 0 Å². The monoisotopic (exact) mass is 190 g/mol. The molecule has 0 atom stereocenters. The topological polar surface area (TPSA) is 41.1 Å². The van der Waals surface area contributed by atoms with Crippen LogP contribution in [0.4, 0.5) is 10.5 Å². The molecule has 0 radical (unpaired) electrons. The molecule has 2 amide bonds. The van der Waals surface area contributed by atoms with Gasteiger partial charge in [0.05, 0.1) is 0 Å². The molecule has 0 heterocycles. The lowest BCUT2D eigenvalue weighted by Crippen LogP contribution is -2.28. The van der Waals surface area contributed by atoms with Crippen LogP contribution in [-0.2, 0) is 0 Å². The number of amides is 2. The summed E-state index contributed by atoms with van der Waals surface area (Å²) in [5.41, 5.74) is 1.87. The first-order valence-corrected chi connectivity index (χ1v) is 4.45. The Morgan fingerprint density at radius 1 is 1.50 bits per heavy atom. The van der Waals surface area contributed by atoms with Crippen molar-refractivity contribution in [3.05, 3.63) is 42.5 Å². The van der Waals surface area contributed by atoms with E-state index in [-0.39, 0.29) is 6.03 Å². The summed E-state index contributed by atoms with van der Waals surface area (Å²) in [7, 11) is 0. The summed E-state index contributed by atoms with van der Waals surface area (Å²) >= 11 is 0. The molecular weight excluding hydrogens is 176 g/mol. The van der Waals surface area contributed by atoms with E-state index in [1.807, 2.05) is 31.2 Å². The van der Waals surface area contributed by atoms with Gasteiger partial charge in [-0.25, -0.2) is 4.79 Å². The number of carbonyl (C=O) groups is 1. The van der Waals surface area contributed by atoms with E-state index < -0.39 is 0 Å². The highest BCUT2D eigenvalue weighted by Crippen LogP contribution is 2.12. The number of hydrogen-bond acceptors (Lipinski definition) is 1. The Balaban J connectivity index is 2.56. The van der Waals surface area contributed by atoms with Crippen LogP contribution in [-0.4, -0.2) is 12.6 Å². The van der Waals surface area contributed by atoms with Crippen LogP contribution in [0.5, 0.6) is 0 Å². The number of para-hydroxylation sites is 1. The van der Waals surface area contributed by atoms with Gasteiger partial charge >= 0.3 is 6.03 Å². The summed E-state index contributed by atoms with van der Waals surface area (Å²) in [6.45, 7) is 5.93. The van der Waals surface area contributed by atoms with E-state index in [0.717, 1.165) is 11.3 Å². The Labute approximate surface area is 83.8 Å². The molecular formula is C11H14N2O. The molecule has 0 spiro atoms. The van der Waals surface area contributed by atoms with E-state index in [0.29, 0.717) is 6.54 Å². The normalized spacial score (nSPS) is 9.21. The third kappa shape index (κ3) is 2.94. The number of carbonyl (C=O) groups excluding carboxylic acids is 1. The molecule has 14 heavy (non-hydrogen) atoms. The Morgan fingerprint density at radius 2 is 2.21 bits per heavy atom. The predicted octanol–water partition coefficient (Wildman–Crippen LogP) is 2.30. The summed E-state index contributed by atoms with van der Waals surface area (Å²) in [5.74, 6) is 0. The van der Waals surface area contributed by atoms with Gasteiger partial charge in [0, 0.05) is 12.2 Å². The molecule has 0 saturated carbocycles. The van der Waals surface area contributed by atoms with Crippen molar-refractivity contribution < 1.29 is 4.79 Å². The van der Waals surface area contributed by atoms with Crippen molar-refractivity contribution in [2.24, 2.45) is 0 Å². The Hall–Kier alpha value is -1.77. The van der Waals surface area contributed by atoms with Gasteiger partial charge in [-0.3, -0.25) is 0 Å². The van der Waals surface area contributed by atoms with Crippen LogP contribution in [0.3, 0.4) is 0 Å². The predicted molar refractivity (Wildman–Crippen MR) is 58.4 cm³/mol. The van der Waals surface area contributed by atoms with E-state index in [1.165, 1.54) is 0 Å². The molecule has 0 fully saturated rings. The largest absolute Gasteiger partial charge is 0.334 e. The highest BCUT2D eigenvalue weighted by Gasteiger charge is 2.00. The van der Waals surface area contributed by atoms with E-state index in [1.54, 1.807) is 6.08 Å². The maximum Gasteiger partial charge on any atom is 0.319 e. The minimum absolute atomic E-state index is 0.209. The fourth-order valence-electron chi connectivity index (χ4n) is 1.04. The number of rotatable bonds is 3. The van der Waals surface area contributed by atoms with Crippen LogP contribution in [0, 0.1) is 6.92 Å². The van der Waals surface area contributed by atoms with Crippen LogP contribution in [0.1, 0.15) is 5.56 Å². The molecule has 0 saturated heterocycles. The molecule has 3 heteroatoms. The first kappa shape index (κ1) is 10.3. The maximum atomic E-state index is 11.3. The summed E-state index contributed by atoms with van der Waals surface area (Å²) < 4.78 is 0. The fourth-order valence-corrected chi connectivity index (χ4v) is 1.04. The van der Waals surface area contributed by atoms with Gasteiger partial charge in [-0.1, -0.05) is 24.3 Å². The van der Waals surface area contributed by atoms with Gasteiger partial charge in [0.2, 0.25) is 0 Å². The number of nitrogens with one attached hydrogen (secondary N) is 2. The average molecular weight is 190 g/mol. The Bertz CT molecular complexity index is 334. The Morgan fingerprint density at radius 3 is 2.86 bits per heavy atom. The molecule has 3 nitrogen and oxygen atoms in total. The third-order valence-corrected chi connectivity index (χ3v) is 1.80. The zero-order valence-electron chi connectivity index (χ0n) is 8.21. The van der Waals surface area contributed by atoms with Gasteiger partial charge in [0.25, 0.3) is 0 Å². The number of aryl methyl sites for hydroxylation is 1. The van der Waals surface area contributed by atoms with E-state index in [4.69, 9.17) is 0 Å². The van der Waals surface area contributed by atoms with Gasteiger partial charge in [0.15, 0.2) is 0 Å². The van der Waals surface area contributed by atoms with Gasteiger partial charge in [-0.15, -0.1) is 6.58 Å². The zero-order chi connectivity index (χ0) is 10.4. The van der Waals surface area contributed by atoms with E-state index in [9.17, 15) is 4.79 Å². The maximum absolute atomic E-state index is 11.3. The van der Waals surface area contributed by atoms with Gasteiger partial charge < -0.3 is 10.6 Å². The highest BCUT2D eigenvalue weighted by atomic mass is 16.2. The highest BCUT2D eigenvalue weighted by molar-refractivity contribution is 5.90. The van der Waals surface area contributed by atoms with Crippen LogP contribution in [0.15, 0.2) is 36.9 Å². The minimum atomic E-state index is -0.209. The van der Waals surface area contributed by atoms with Crippen molar-refractivity contribution in [3.8, 4) is 0 Å². The number of hydrogen-bond donors (Lipinski definition) is 2. The summed E-state index contributed by atoms with van der Waals surface area (Å²) in [6.07, 6.45) is 1.64. The second-order valence-electron chi connectivity index (χ2n) is 2.94. The Kier molecular flexibility index (Phi) is 3.73. The molecule has 1 rings (SSSR count). The van der Waals surface area contributed by atoms with Crippen LogP contribution < -0.4 is 10.6 Å². The molecule has 2 N–H and O–H groups in total. The molecule has 0 unspecified atom stereocenters. The summed E-state index contributed by atoms with van der Waals surface area (Å²) in [5, 5.41) is 5.39. The average Bonchev–Trinajstić information content (AvgIpc) is 2.18. The minimum Gasteiger partial charge on any atom is -0.334 e. The van der Waals surface area contributed by atoms with E-state index in [2.05, 4.69) is 17.2 Å². The second-order valence-corrected chi connectivity index (χ2v) is 2.94. The van der Waals surface area contributed by atoms with E-state index >= 15 is 0 Å². The number of anilines is 1. The number of benzene rings is 1. The fraction of sp³-hybridized carbons (Fsp3) is 0.182. The van der Waals surface area contributed by atoms with Crippen molar-refractivity contribution in [2.45, 2.75) is 6.92 Å². The molecule has 0 aliphatic heterocycles. The first-order valence-electron chi connectivity index (χ1n) is 4.45. The lowest BCUT2D eigenvalue weighted by Gasteiger charge is -2.07. The quantitative estimate of drug-likeness (QED) is 0.705. The molecule has 0 aliphatic rings. The van der Waals surface area contributed by atoms with Gasteiger partial charge in [-0.05, 0) is 18.6 Å². The van der Waals surface area contributed by atoms with Crippen LogP contribution in [0.2, 0.25) is 0 Å². The van der Waals surface area contributed by atoms with Crippen molar-refractivity contribution in [2.75, 3.05) is 11.9 Å². The van der Waals surface area contributed by atoms with Crippen molar-refractivity contribution >= 4 is 11.7 Å². The summed E-state index contributed by atoms with van der Waals surface area (Å²) in [4.78, 5) is 11.3.